The first kappa shape index (κ1) is 25.4. The van der Waals surface area contributed by atoms with Gasteiger partial charge in [-0.05, 0) is 66.0 Å². The van der Waals surface area contributed by atoms with E-state index in [4.69, 9.17) is 16.2 Å². The number of ether oxygens (including phenoxy) is 1. The smallest absolute Gasteiger partial charge is 0.187 e. The lowest BCUT2D eigenvalue weighted by molar-refractivity contribution is 0.00822. The Hall–Kier alpha value is -3.30. The quantitative estimate of drug-likeness (QED) is 0.457. The predicted molar refractivity (Wildman–Crippen MR) is 134 cm³/mol. The highest BCUT2D eigenvalue weighted by atomic mass is 19.1. The van der Waals surface area contributed by atoms with E-state index in [9.17, 15) is 18.0 Å². The van der Waals surface area contributed by atoms with Gasteiger partial charge in [0.05, 0.1) is 24.5 Å². The lowest BCUT2D eigenvalue weighted by atomic mass is 9.75. The lowest BCUT2D eigenvalue weighted by Gasteiger charge is -2.32. The molecule has 4 N–H and O–H groups in total. The number of pyridine rings is 2. The first-order valence-electron chi connectivity index (χ1n) is 12.5. The van der Waals surface area contributed by atoms with Crippen LogP contribution in [0.4, 0.5) is 18.9 Å². The Morgan fingerprint density at radius 1 is 1.05 bits per heavy atom. The molecular weight excluding hydrogens is 481 g/mol. The molecule has 0 unspecified atom stereocenters. The number of nitrogen functional groups attached to an aromatic ring is 1. The number of nitrogens with zero attached hydrogens (tertiary/aromatic N) is 2. The van der Waals surface area contributed by atoms with Crippen LogP contribution in [0.25, 0.3) is 11.3 Å². The minimum absolute atomic E-state index is 0.0791. The third kappa shape index (κ3) is 5.10. The topological polar surface area (TPSA) is 104 Å². The largest absolute Gasteiger partial charge is 0.397 e. The molecule has 2 fully saturated rings. The van der Waals surface area contributed by atoms with E-state index in [0.29, 0.717) is 30.3 Å². The second kappa shape index (κ2) is 10.2. The Bertz CT molecular complexity index is 1310. The summed E-state index contributed by atoms with van der Waals surface area (Å²) < 4.78 is 49.9. The maximum Gasteiger partial charge on any atom is 0.187 e. The number of carbonyl (C=O) groups excluding carboxylic acids is 1. The van der Waals surface area contributed by atoms with Crippen molar-refractivity contribution in [1.82, 2.24) is 9.97 Å². The minimum Gasteiger partial charge on any atom is -0.397 e. The van der Waals surface area contributed by atoms with Gasteiger partial charge in [-0.1, -0.05) is 6.92 Å². The zero-order valence-corrected chi connectivity index (χ0v) is 20.5. The fourth-order valence-corrected chi connectivity index (χ4v) is 5.54. The van der Waals surface area contributed by atoms with Crippen molar-refractivity contribution in [3.8, 4) is 11.3 Å². The summed E-state index contributed by atoms with van der Waals surface area (Å²) in [4.78, 5) is 21.6. The summed E-state index contributed by atoms with van der Waals surface area (Å²) in [5, 5.41) is 0. The third-order valence-electron chi connectivity index (χ3n) is 7.39. The molecule has 9 heteroatoms. The van der Waals surface area contributed by atoms with Crippen LogP contribution < -0.4 is 11.5 Å². The van der Waals surface area contributed by atoms with Crippen molar-refractivity contribution in [3.63, 3.8) is 0 Å². The summed E-state index contributed by atoms with van der Waals surface area (Å²) >= 11 is 0. The fourth-order valence-electron chi connectivity index (χ4n) is 5.54. The van der Waals surface area contributed by atoms with Crippen LogP contribution in [0.15, 0.2) is 36.7 Å². The molecule has 1 saturated carbocycles. The van der Waals surface area contributed by atoms with E-state index in [2.05, 4.69) is 16.9 Å². The number of Topliss-reactive ketones (excluding diaryl/α,β-unsaturated/α-hetero) is 1. The van der Waals surface area contributed by atoms with Crippen molar-refractivity contribution >= 4 is 11.5 Å². The van der Waals surface area contributed by atoms with Crippen molar-refractivity contribution in [1.29, 1.82) is 0 Å². The molecule has 3 atom stereocenters. The summed E-state index contributed by atoms with van der Waals surface area (Å²) in [6, 6.07) is 5.17. The number of carbonyl (C=O) groups is 1. The van der Waals surface area contributed by atoms with E-state index >= 15 is 0 Å². The second-order valence-corrected chi connectivity index (χ2v) is 10.3. The molecule has 6 nitrogen and oxygen atoms in total. The number of ketones is 1. The predicted octanol–water partition coefficient (Wildman–Crippen LogP) is 4.91. The number of anilines is 1. The zero-order chi connectivity index (χ0) is 26.3. The molecule has 3 aromatic rings. The van der Waals surface area contributed by atoms with Gasteiger partial charge in [0, 0.05) is 36.8 Å². The van der Waals surface area contributed by atoms with Crippen LogP contribution in [-0.4, -0.2) is 35.0 Å². The molecule has 2 aromatic heterocycles. The van der Waals surface area contributed by atoms with Crippen LogP contribution in [0.2, 0.25) is 0 Å². The SMILES string of the molecule is C[C@@H]1C[C@H](N)C[C@H](c2ccncc2CC(=O)c2nc(-c3c(F)cc(C4COC4)cc3F)c(F)cc2N)C1. The maximum absolute atomic E-state index is 15.0. The van der Waals surface area contributed by atoms with Gasteiger partial charge in [-0.3, -0.25) is 9.78 Å². The van der Waals surface area contributed by atoms with Crippen molar-refractivity contribution in [2.75, 3.05) is 18.9 Å². The molecule has 0 amide bonds. The standard InChI is InChI=1S/C28H29F3N4O2/c1-14-4-16(6-19(32)5-14)20-2-3-34-11-17(20)9-25(36)28-24(33)10-23(31)27(35-28)26-21(29)7-15(8-22(26)30)18-12-37-13-18/h2-3,7-8,10-11,14,16,18-19H,4-6,9,12-13,32-33H2,1H3/t14-,16+,19-/m0/s1. The minimum atomic E-state index is -1.01. The molecule has 37 heavy (non-hydrogen) atoms. The maximum atomic E-state index is 15.0. The molecule has 1 aliphatic heterocycles. The van der Waals surface area contributed by atoms with Gasteiger partial charge >= 0.3 is 0 Å². The summed E-state index contributed by atoms with van der Waals surface area (Å²) in [7, 11) is 0. The van der Waals surface area contributed by atoms with Gasteiger partial charge in [0.25, 0.3) is 0 Å². The molecule has 5 rings (SSSR count). The Morgan fingerprint density at radius 3 is 2.43 bits per heavy atom. The van der Waals surface area contributed by atoms with E-state index in [1.807, 2.05) is 6.07 Å². The molecule has 1 aromatic carbocycles. The van der Waals surface area contributed by atoms with Gasteiger partial charge in [0.2, 0.25) is 0 Å². The van der Waals surface area contributed by atoms with Gasteiger partial charge in [-0.25, -0.2) is 18.2 Å². The summed E-state index contributed by atoms with van der Waals surface area (Å²) in [6.07, 6.45) is 5.93. The number of hydrogen-bond donors (Lipinski definition) is 2. The normalized spacial score (nSPS) is 22.0. The van der Waals surface area contributed by atoms with Gasteiger partial charge in [0.15, 0.2) is 11.6 Å². The van der Waals surface area contributed by atoms with Crippen LogP contribution in [0, 0.1) is 23.4 Å². The van der Waals surface area contributed by atoms with Crippen molar-refractivity contribution in [3.05, 3.63) is 76.5 Å². The Balaban J connectivity index is 1.46. The van der Waals surface area contributed by atoms with Crippen LogP contribution in [0.3, 0.4) is 0 Å². The van der Waals surface area contributed by atoms with Crippen molar-refractivity contribution in [2.45, 2.75) is 50.5 Å². The molecule has 0 bridgehead atoms. The van der Waals surface area contributed by atoms with Crippen LogP contribution in [-0.2, 0) is 11.2 Å². The van der Waals surface area contributed by atoms with Gasteiger partial charge in [-0.15, -0.1) is 0 Å². The van der Waals surface area contributed by atoms with Crippen molar-refractivity contribution in [2.24, 2.45) is 11.7 Å². The van der Waals surface area contributed by atoms with Crippen molar-refractivity contribution < 1.29 is 22.7 Å². The highest BCUT2D eigenvalue weighted by Gasteiger charge is 2.29. The monoisotopic (exact) mass is 510 g/mol. The molecule has 194 valence electrons. The average molecular weight is 511 g/mol. The van der Waals surface area contributed by atoms with Gasteiger partial charge < -0.3 is 16.2 Å². The van der Waals surface area contributed by atoms with E-state index in [1.165, 1.54) is 0 Å². The highest BCUT2D eigenvalue weighted by molar-refractivity contribution is 6.00. The Morgan fingerprint density at radius 2 is 1.78 bits per heavy atom. The second-order valence-electron chi connectivity index (χ2n) is 10.3. The zero-order valence-electron chi connectivity index (χ0n) is 20.5. The fraction of sp³-hybridized carbons (Fsp3) is 0.393. The van der Waals surface area contributed by atoms with E-state index in [-0.39, 0.29) is 35.7 Å². The third-order valence-corrected chi connectivity index (χ3v) is 7.39. The molecule has 2 aliphatic rings. The summed E-state index contributed by atoms with van der Waals surface area (Å²) in [5.41, 5.74) is 12.6. The summed E-state index contributed by atoms with van der Waals surface area (Å²) in [6.45, 7) is 2.90. The van der Waals surface area contributed by atoms with E-state index < -0.39 is 34.5 Å². The number of halogens is 3. The van der Waals surface area contributed by atoms with E-state index in [0.717, 1.165) is 43.0 Å². The molecule has 3 heterocycles. The van der Waals surface area contributed by atoms with Gasteiger partial charge in [-0.2, -0.15) is 0 Å². The van der Waals surface area contributed by atoms with Crippen LogP contribution in [0.5, 0.6) is 0 Å². The number of aromatic nitrogens is 2. The first-order chi connectivity index (χ1) is 17.7. The highest BCUT2D eigenvalue weighted by Crippen LogP contribution is 2.37. The number of hydrogen-bond acceptors (Lipinski definition) is 6. The Kier molecular flexibility index (Phi) is 7.00. The average Bonchev–Trinajstić information content (AvgIpc) is 2.78. The number of rotatable bonds is 6. The Labute approximate surface area is 213 Å². The molecule has 1 aliphatic carbocycles. The van der Waals surface area contributed by atoms with Crippen LogP contribution >= 0.6 is 0 Å². The summed E-state index contributed by atoms with van der Waals surface area (Å²) in [5.74, 6) is -2.92. The number of nitrogens with two attached hydrogens (primary N) is 2. The lowest BCUT2D eigenvalue weighted by Crippen LogP contribution is -2.31. The number of benzene rings is 1. The molecule has 1 saturated heterocycles. The molecule has 0 spiro atoms. The first-order valence-corrected chi connectivity index (χ1v) is 12.5. The van der Waals surface area contributed by atoms with E-state index in [1.54, 1.807) is 12.4 Å². The molecular formula is C28H29F3N4O2. The van der Waals surface area contributed by atoms with Gasteiger partial charge in [0.1, 0.15) is 23.0 Å². The molecule has 0 radical (unpaired) electrons. The van der Waals surface area contributed by atoms with Crippen LogP contribution in [0.1, 0.15) is 65.2 Å².